The molecule has 1 aromatic heterocycles. The van der Waals surface area contributed by atoms with Gasteiger partial charge in [0.1, 0.15) is 5.82 Å². The number of hydrogen-bond donors (Lipinski definition) is 0. The van der Waals surface area contributed by atoms with Crippen LogP contribution in [0.25, 0.3) is 0 Å². The van der Waals surface area contributed by atoms with E-state index in [1.165, 1.54) is 11.3 Å². The van der Waals surface area contributed by atoms with Gasteiger partial charge in [-0.2, -0.15) is 0 Å². The lowest BCUT2D eigenvalue weighted by Gasteiger charge is -2.03. The third-order valence-corrected chi connectivity index (χ3v) is 1.79. The van der Waals surface area contributed by atoms with Crippen LogP contribution in [-0.2, 0) is 12.8 Å². The number of rotatable bonds is 2. The summed E-state index contributed by atoms with van der Waals surface area (Å²) in [5.74, 6) is 0.874. The summed E-state index contributed by atoms with van der Waals surface area (Å²) in [6, 6.07) is 0. The molecule has 0 aliphatic carbocycles. The fourth-order valence-electron chi connectivity index (χ4n) is 1.14. The summed E-state index contributed by atoms with van der Waals surface area (Å²) in [6.07, 6.45) is 3.97. The van der Waals surface area contributed by atoms with Gasteiger partial charge in [-0.05, 0) is 25.3 Å². The van der Waals surface area contributed by atoms with E-state index in [4.69, 9.17) is 0 Å². The van der Waals surface area contributed by atoms with Crippen molar-refractivity contribution in [3.05, 3.63) is 23.3 Å². The second-order valence-corrected chi connectivity index (χ2v) is 2.60. The molecule has 0 atom stereocenters. The molecule has 1 heterocycles. The summed E-state index contributed by atoms with van der Waals surface area (Å²) in [6.45, 7) is 6.19. The molecule has 0 N–H and O–H groups in total. The van der Waals surface area contributed by atoms with Crippen molar-refractivity contribution in [3.8, 4) is 0 Å². The smallest absolute Gasteiger partial charge is 0.125 e. The summed E-state index contributed by atoms with van der Waals surface area (Å²) in [4.78, 5) is 8.50. The lowest BCUT2D eigenvalue weighted by atomic mass is 10.1. The SMILES string of the molecule is CCc1cnc(C)nc1CC. The van der Waals surface area contributed by atoms with Crippen molar-refractivity contribution in [2.45, 2.75) is 33.6 Å². The van der Waals surface area contributed by atoms with Crippen LogP contribution in [0.5, 0.6) is 0 Å². The molecule has 0 spiro atoms. The van der Waals surface area contributed by atoms with Gasteiger partial charge in [-0.1, -0.05) is 13.8 Å². The predicted octanol–water partition coefficient (Wildman–Crippen LogP) is 1.91. The van der Waals surface area contributed by atoms with E-state index in [2.05, 4.69) is 23.8 Å². The summed E-state index contributed by atoms with van der Waals surface area (Å²) in [5.41, 5.74) is 2.47. The zero-order valence-corrected chi connectivity index (χ0v) is 7.39. The van der Waals surface area contributed by atoms with Gasteiger partial charge in [-0.3, -0.25) is 0 Å². The van der Waals surface area contributed by atoms with Crippen LogP contribution in [-0.4, -0.2) is 9.97 Å². The van der Waals surface area contributed by atoms with E-state index in [9.17, 15) is 0 Å². The highest BCUT2D eigenvalue weighted by Gasteiger charge is 1.99. The van der Waals surface area contributed by atoms with E-state index in [1.54, 1.807) is 0 Å². The third-order valence-electron chi connectivity index (χ3n) is 1.79. The van der Waals surface area contributed by atoms with E-state index in [1.807, 2.05) is 13.1 Å². The van der Waals surface area contributed by atoms with E-state index in [-0.39, 0.29) is 0 Å². The van der Waals surface area contributed by atoms with Crippen molar-refractivity contribution >= 4 is 0 Å². The topological polar surface area (TPSA) is 25.8 Å². The van der Waals surface area contributed by atoms with Crippen LogP contribution >= 0.6 is 0 Å². The van der Waals surface area contributed by atoms with Crippen molar-refractivity contribution in [1.82, 2.24) is 9.97 Å². The molecule has 2 heteroatoms. The Kier molecular flexibility index (Phi) is 2.58. The average molecular weight is 150 g/mol. The van der Waals surface area contributed by atoms with E-state index in [0.717, 1.165) is 18.7 Å². The maximum atomic E-state index is 4.35. The van der Waals surface area contributed by atoms with Crippen LogP contribution in [0.3, 0.4) is 0 Å². The van der Waals surface area contributed by atoms with Crippen molar-refractivity contribution in [2.75, 3.05) is 0 Å². The molecule has 0 aliphatic rings. The zero-order chi connectivity index (χ0) is 8.27. The minimum atomic E-state index is 0.874. The molecule has 1 rings (SSSR count). The van der Waals surface area contributed by atoms with Gasteiger partial charge in [0, 0.05) is 11.9 Å². The first-order valence-corrected chi connectivity index (χ1v) is 4.09. The predicted molar refractivity (Wildman–Crippen MR) is 45.5 cm³/mol. The molecule has 0 saturated heterocycles. The molecule has 0 fully saturated rings. The van der Waals surface area contributed by atoms with Crippen LogP contribution < -0.4 is 0 Å². The summed E-state index contributed by atoms with van der Waals surface area (Å²) < 4.78 is 0. The number of hydrogen-bond acceptors (Lipinski definition) is 2. The minimum absolute atomic E-state index is 0.874. The Balaban J connectivity index is 3.06. The van der Waals surface area contributed by atoms with Gasteiger partial charge in [-0.25, -0.2) is 9.97 Å². The quantitative estimate of drug-likeness (QED) is 0.643. The molecule has 0 radical (unpaired) electrons. The molecule has 11 heavy (non-hydrogen) atoms. The Labute approximate surface area is 67.7 Å². The monoisotopic (exact) mass is 150 g/mol. The lowest BCUT2D eigenvalue weighted by Crippen LogP contribution is -1.99. The number of nitrogens with zero attached hydrogens (tertiary/aromatic N) is 2. The maximum Gasteiger partial charge on any atom is 0.125 e. The Morgan fingerprint density at radius 3 is 2.55 bits per heavy atom. The fourth-order valence-corrected chi connectivity index (χ4v) is 1.14. The zero-order valence-electron chi connectivity index (χ0n) is 7.39. The second-order valence-electron chi connectivity index (χ2n) is 2.60. The molecule has 0 bridgehead atoms. The van der Waals surface area contributed by atoms with E-state index in [0.29, 0.717) is 0 Å². The molecule has 0 amide bonds. The summed E-state index contributed by atoms with van der Waals surface area (Å²) in [5, 5.41) is 0. The van der Waals surface area contributed by atoms with Crippen LogP contribution in [0.4, 0.5) is 0 Å². The van der Waals surface area contributed by atoms with Gasteiger partial charge in [0.15, 0.2) is 0 Å². The first-order valence-electron chi connectivity index (χ1n) is 4.09. The fraction of sp³-hybridized carbons (Fsp3) is 0.556. The highest BCUT2D eigenvalue weighted by atomic mass is 14.9. The minimum Gasteiger partial charge on any atom is -0.241 e. The Bertz CT molecular complexity index is 243. The Morgan fingerprint density at radius 1 is 1.27 bits per heavy atom. The van der Waals surface area contributed by atoms with Gasteiger partial charge in [0.2, 0.25) is 0 Å². The summed E-state index contributed by atoms with van der Waals surface area (Å²) in [7, 11) is 0. The van der Waals surface area contributed by atoms with Crippen LogP contribution in [0, 0.1) is 6.92 Å². The van der Waals surface area contributed by atoms with Crippen LogP contribution in [0.1, 0.15) is 30.9 Å². The molecule has 60 valence electrons. The number of aryl methyl sites for hydroxylation is 3. The first-order chi connectivity index (χ1) is 5.27. The molecule has 2 nitrogen and oxygen atoms in total. The Hall–Kier alpha value is -0.920. The molecule has 1 aromatic rings. The lowest BCUT2D eigenvalue weighted by molar-refractivity contribution is 0.896. The van der Waals surface area contributed by atoms with Gasteiger partial charge in [0.05, 0.1) is 0 Å². The van der Waals surface area contributed by atoms with Gasteiger partial charge in [-0.15, -0.1) is 0 Å². The first kappa shape index (κ1) is 8.18. The van der Waals surface area contributed by atoms with Gasteiger partial charge in [0.25, 0.3) is 0 Å². The van der Waals surface area contributed by atoms with Gasteiger partial charge < -0.3 is 0 Å². The largest absolute Gasteiger partial charge is 0.241 e. The normalized spacial score (nSPS) is 10.1. The van der Waals surface area contributed by atoms with E-state index < -0.39 is 0 Å². The number of aromatic nitrogens is 2. The highest BCUT2D eigenvalue weighted by Crippen LogP contribution is 2.05. The standard InChI is InChI=1S/C9H14N2/c1-4-8-6-10-7(3)11-9(8)5-2/h6H,4-5H2,1-3H3. The Morgan fingerprint density at radius 2 is 2.00 bits per heavy atom. The molecule has 0 saturated carbocycles. The molecular formula is C9H14N2. The van der Waals surface area contributed by atoms with Crippen LogP contribution in [0.15, 0.2) is 6.20 Å². The molecule has 0 unspecified atom stereocenters. The van der Waals surface area contributed by atoms with Crippen molar-refractivity contribution < 1.29 is 0 Å². The average Bonchev–Trinajstić information content (AvgIpc) is 2.04. The second kappa shape index (κ2) is 3.46. The van der Waals surface area contributed by atoms with Crippen molar-refractivity contribution in [3.63, 3.8) is 0 Å². The van der Waals surface area contributed by atoms with E-state index >= 15 is 0 Å². The molecular weight excluding hydrogens is 136 g/mol. The maximum absolute atomic E-state index is 4.35. The highest BCUT2D eigenvalue weighted by molar-refractivity contribution is 5.17. The van der Waals surface area contributed by atoms with Gasteiger partial charge >= 0.3 is 0 Å². The molecule has 0 aromatic carbocycles. The van der Waals surface area contributed by atoms with Crippen molar-refractivity contribution in [2.24, 2.45) is 0 Å². The van der Waals surface area contributed by atoms with Crippen LogP contribution in [0.2, 0.25) is 0 Å². The molecule has 0 aliphatic heterocycles. The summed E-state index contributed by atoms with van der Waals surface area (Å²) >= 11 is 0. The third kappa shape index (κ3) is 1.76. The van der Waals surface area contributed by atoms with Crippen molar-refractivity contribution in [1.29, 1.82) is 0 Å².